The first-order valence-electron chi connectivity index (χ1n) is 7.43. The first-order chi connectivity index (χ1) is 10.9. The third-order valence-corrected chi connectivity index (χ3v) is 3.70. The number of nitrogens with zero attached hydrogens (tertiary/aromatic N) is 3. The Kier molecular flexibility index (Phi) is 4.95. The van der Waals surface area contributed by atoms with Crippen LogP contribution in [0.3, 0.4) is 0 Å². The molecule has 0 atom stereocenters. The average Bonchev–Trinajstić information content (AvgIpc) is 2.53. The molecule has 0 aliphatic rings. The highest BCUT2D eigenvalue weighted by molar-refractivity contribution is 5.58. The van der Waals surface area contributed by atoms with Crippen LogP contribution in [0.5, 0.6) is 0 Å². The van der Waals surface area contributed by atoms with E-state index in [9.17, 15) is 8.78 Å². The van der Waals surface area contributed by atoms with Gasteiger partial charge in [-0.2, -0.15) is 5.26 Å². The van der Waals surface area contributed by atoms with Crippen molar-refractivity contribution in [2.24, 2.45) is 0 Å². The zero-order chi connectivity index (χ0) is 17.0. The van der Waals surface area contributed by atoms with Gasteiger partial charge in [0.05, 0.1) is 23.9 Å². The summed E-state index contributed by atoms with van der Waals surface area (Å²) in [7, 11) is 1.75. The van der Waals surface area contributed by atoms with Gasteiger partial charge >= 0.3 is 0 Å². The quantitative estimate of drug-likeness (QED) is 0.827. The van der Waals surface area contributed by atoms with Gasteiger partial charge in [0.15, 0.2) is 0 Å². The predicted octanol–water partition coefficient (Wildman–Crippen LogP) is 4.26. The van der Waals surface area contributed by atoms with Crippen molar-refractivity contribution in [2.45, 2.75) is 32.7 Å². The standard InChI is InChI=1S/C18H19F2N3/c1-4-14-6-5-7-16(17(14)18(2,19)20)23(3)12-15-10-13(11-21)8-9-22-15/h5-10H,4,12H2,1-3H3. The molecule has 0 fully saturated rings. The van der Waals surface area contributed by atoms with Gasteiger partial charge in [0.1, 0.15) is 0 Å². The van der Waals surface area contributed by atoms with E-state index in [4.69, 9.17) is 5.26 Å². The fourth-order valence-electron chi connectivity index (χ4n) is 2.67. The molecule has 0 radical (unpaired) electrons. The molecule has 0 spiro atoms. The summed E-state index contributed by atoms with van der Waals surface area (Å²) in [5.74, 6) is -2.92. The summed E-state index contributed by atoms with van der Waals surface area (Å²) in [6, 6.07) is 10.6. The molecule has 23 heavy (non-hydrogen) atoms. The minimum atomic E-state index is -2.92. The molecule has 0 aliphatic heterocycles. The van der Waals surface area contributed by atoms with Gasteiger partial charge in [0.2, 0.25) is 0 Å². The van der Waals surface area contributed by atoms with Gasteiger partial charge in [-0.05, 0) is 30.2 Å². The molecular weight excluding hydrogens is 296 g/mol. The molecule has 0 saturated carbocycles. The third kappa shape index (κ3) is 3.84. The largest absolute Gasteiger partial charge is 0.368 e. The SMILES string of the molecule is CCc1cccc(N(C)Cc2cc(C#N)ccn2)c1C(C)(F)F. The Morgan fingerprint density at radius 1 is 1.30 bits per heavy atom. The number of hydrogen-bond acceptors (Lipinski definition) is 3. The summed E-state index contributed by atoms with van der Waals surface area (Å²) in [5.41, 5.74) is 2.36. The summed E-state index contributed by atoms with van der Waals surface area (Å²) >= 11 is 0. The van der Waals surface area contributed by atoms with Crippen LogP contribution < -0.4 is 4.90 Å². The van der Waals surface area contributed by atoms with E-state index >= 15 is 0 Å². The minimum absolute atomic E-state index is 0.0569. The van der Waals surface area contributed by atoms with Crippen LogP contribution in [0.4, 0.5) is 14.5 Å². The zero-order valence-electron chi connectivity index (χ0n) is 13.5. The minimum Gasteiger partial charge on any atom is -0.368 e. The number of halogens is 2. The monoisotopic (exact) mass is 315 g/mol. The van der Waals surface area contributed by atoms with Crippen molar-refractivity contribution < 1.29 is 8.78 Å². The fraction of sp³-hybridized carbons (Fsp3) is 0.333. The Labute approximate surface area is 135 Å². The van der Waals surface area contributed by atoms with Crippen molar-refractivity contribution in [3.05, 3.63) is 58.9 Å². The summed E-state index contributed by atoms with van der Waals surface area (Å²) in [6.45, 7) is 3.14. The highest BCUT2D eigenvalue weighted by Crippen LogP contribution is 2.37. The molecule has 0 bridgehead atoms. The van der Waals surface area contributed by atoms with Crippen LogP contribution in [0.15, 0.2) is 36.5 Å². The molecule has 0 N–H and O–H groups in total. The first kappa shape index (κ1) is 16.9. The molecule has 0 amide bonds. The Hall–Kier alpha value is -2.48. The lowest BCUT2D eigenvalue weighted by Gasteiger charge is -2.26. The lowest BCUT2D eigenvalue weighted by Crippen LogP contribution is -2.23. The van der Waals surface area contributed by atoms with Gasteiger partial charge in [-0.15, -0.1) is 0 Å². The van der Waals surface area contributed by atoms with Crippen molar-refractivity contribution in [3.8, 4) is 6.07 Å². The van der Waals surface area contributed by atoms with Gasteiger partial charge in [-0.3, -0.25) is 4.98 Å². The second kappa shape index (κ2) is 6.74. The van der Waals surface area contributed by atoms with Crippen LogP contribution in [0, 0.1) is 11.3 Å². The highest BCUT2D eigenvalue weighted by atomic mass is 19.3. The topological polar surface area (TPSA) is 39.9 Å². The van der Waals surface area contributed by atoms with Crippen molar-refractivity contribution in [3.63, 3.8) is 0 Å². The van der Waals surface area contributed by atoms with E-state index in [1.807, 2.05) is 6.92 Å². The van der Waals surface area contributed by atoms with Crippen molar-refractivity contribution in [1.82, 2.24) is 4.98 Å². The number of alkyl halides is 2. The number of aryl methyl sites for hydroxylation is 1. The Morgan fingerprint density at radius 2 is 2.04 bits per heavy atom. The molecule has 2 rings (SSSR count). The number of nitriles is 1. The molecule has 1 aromatic heterocycles. The van der Waals surface area contributed by atoms with E-state index in [2.05, 4.69) is 11.1 Å². The van der Waals surface area contributed by atoms with Crippen LogP contribution >= 0.6 is 0 Å². The van der Waals surface area contributed by atoms with Gasteiger partial charge < -0.3 is 4.90 Å². The smallest absolute Gasteiger partial charge is 0.272 e. The molecule has 0 aliphatic carbocycles. The third-order valence-electron chi connectivity index (χ3n) is 3.70. The maximum absolute atomic E-state index is 14.1. The molecule has 0 saturated heterocycles. The van der Waals surface area contributed by atoms with Crippen LogP contribution in [0.1, 0.15) is 36.2 Å². The molecule has 2 aromatic rings. The zero-order valence-corrected chi connectivity index (χ0v) is 13.5. The van der Waals surface area contributed by atoms with Crippen LogP contribution in [-0.2, 0) is 18.9 Å². The van der Waals surface area contributed by atoms with E-state index in [1.165, 1.54) is 0 Å². The van der Waals surface area contributed by atoms with E-state index in [0.717, 1.165) is 6.92 Å². The Bertz CT molecular complexity index is 730. The molecule has 1 aromatic carbocycles. The van der Waals surface area contributed by atoms with Gasteiger partial charge in [0.25, 0.3) is 5.92 Å². The average molecular weight is 315 g/mol. The number of rotatable bonds is 5. The van der Waals surface area contributed by atoms with Crippen molar-refractivity contribution in [1.29, 1.82) is 5.26 Å². The lowest BCUT2D eigenvalue weighted by molar-refractivity contribution is 0.0171. The summed E-state index contributed by atoms with van der Waals surface area (Å²) in [4.78, 5) is 5.95. The molecule has 120 valence electrons. The van der Waals surface area contributed by atoms with Crippen LogP contribution in [0.25, 0.3) is 0 Å². The number of pyridine rings is 1. The summed E-state index contributed by atoms with van der Waals surface area (Å²) in [5, 5.41) is 8.94. The number of anilines is 1. The first-order valence-corrected chi connectivity index (χ1v) is 7.43. The second-order valence-corrected chi connectivity index (χ2v) is 5.56. The molecule has 3 nitrogen and oxygen atoms in total. The molecular formula is C18H19F2N3. The predicted molar refractivity (Wildman–Crippen MR) is 86.4 cm³/mol. The number of hydrogen-bond donors (Lipinski definition) is 0. The van der Waals surface area contributed by atoms with E-state index in [-0.39, 0.29) is 5.56 Å². The van der Waals surface area contributed by atoms with Gasteiger partial charge in [-0.1, -0.05) is 19.1 Å². The fourth-order valence-corrected chi connectivity index (χ4v) is 2.67. The summed E-state index contributed by atoms with van der Waals surface area (Å²) in [6.07, 6.45) is 2.10. The number of benzene rings is 1. The second-order valence-electron chi connectivity index (χ2n) is 5.56. The lowest BCUT2D eigenvalue weighted by atomic mass is 9.97. The maximum Gasteiger partial charge on any atom is 0.272 e. The van der Waals surface area contributed by atoms with Gasteiger partial charge in [-0.25, -0.2) is 8.78 Å². The Morgan fingerprint density at radius 3 is 2.65 bits per heavy atom. The van der Waals surface area contributed by atoms with Crippen LogP contribution in [-0.4, -0.2) is 12.0 Å². The molecule has 1 heterocycles. The molecule has 5 heteroatoms. The Balaban J connectivity index is 2.39. The normalized spacial score (nSPS) is 11.1. The molecule has 0 unspecified atom stereocenters. The van der Waals surface area contributed by atoms with Gasteiger partial charge in [0, 0.05) is 31.4 Å². The van der Waals surface area contributed by atoms with E-state index in [1.54, 1.807) is 48.5 Å². The van der Waals surface area contributed by atoms with Crippen LogP contribution in [0.2, 0.25) is 0 Å². The number of aromatic nitrogens is 1. The van der Waals surface area contributed by atoms with Crippen molar-refractivity contribution >= 4 is 5.69 Å². The van der Waals surface area contributed by atoms with E-state index in [0.29, 0.717) is 35.5 Å². The van der Waals surface area contributed by atoms with Crippen molar-refractivity contribution in [2.75, 3.05) is 11.9 Å². The summed E-state index contributed by atoms with van der Waals surface area (Å²) < 4.78 is 28.2. The van der Waals surface area contributed by atoms with E-state index < -0.39 is 5.92 Å². The highest BCUT2D eigenvalue weighted by Gasteiger charge is 2.31. The maximum atomic E-state index is 14.1.